The number of esters is 2. The van der Waals surface area contributed by atoms with Gasteiger partial charge in [0.15, 0.2) is 0 Å². The van der Waals surface area contributed by atoms with Crippen LogP contribution >= 0.6 is 49.1 Å². The van der Waals surface area contributed by atoms with Crippen LogP contribution in [0.3, 0.4) is 0 Å². The maximum atomic E-state index is 12.6. The van der Waals surface area contributed by atoms with E-state index in [-0.39, 0.29) is 80.6 Å². The van der Waals surface area contributed by atoms with Gasteiger partial charge in [-0.25, -0.2) is 18.9 Å². The average Bonchev–Trinajstić information content (AvgIpc) is 4.01. The summed E-state index contributed by atoms with van der Waals surface area (Å²) < 4.78 is 61.8. The molecule has 0 saturated carbocycles. The van der Waals surface area contributed by atoms with Crippen LogP contribution in [-0.2, 0) is 58.8 Å². The SMILES string of the molecule is C=CCOC(=O)Cc1ccc(OP(=O)(Cl)N(C)CCCCCl)cc1.C=CCOC(=O)Cc1ccc(OP(=O)(NC)OCc2ccc([N+](=O)[O-])o2)cc1.CCCCCl.O=[N+]([O-])c1ccc(C[O-])o1.[Li+]. The fraction of sp³-hybridized carbons (Fsp3) is 0.381. The second-order valence-electron chi connectivity index (χ2n) is 13.2. The summed E-state index contributed by atoms with van der Waals surface area (Å²) in [6.45, 7) is 5.63. The van der Waals surface area contributed by atoms with E-state index >= 15 is 0 Å². The zero-order chi connectivity index (χ0) is 50.3. The molecule has 0 bridgehead atoms. The molecule has 2 aromatic heterocycles. The van der Waals surface area contributed by atoms with Gasteiger partial charge in [0.2, 0.25) is 0 Å². The van der Waals surface area contributed by atoms with Crippen LogP contribution in [0.1, 0.15) is 55.3 Å². The predicted octanol–water partition coefficient (Wildman–Crippen LogP) is 7.09. The molecule has 0 aliphatic heterocycles. The van der Waals surface area contributed by atoms with Crippen LogP contribution < -0.4 is 38.1 Å². The number of carbonyl (C=O) groups is 2. The first kappa shape index (κ1) is 63.6. The van der Waals surface area contributed by atoms with Crippen molar-refractivity contribution in [3.05, 3.63) is 141 Å². The number of carbonyl (C=O) groups excluding carboxylic acids is 2. The number of unbranched alkanes of at least 4 members (excludes halogenated alkanes) is 2. The molecule has 0 aliphatic rings. The van der Waals surface area contributed by atoms with Gasteiger partial charge in [0.1, 0.15) is 46.9 Å². The van der Waals surface area contributed by atoms with Crippen molar-refractivity contribution >= 4 is 72.8 Å². The number of benzene rings is 2. The number of nitrogens with one attached hydrogen (secondary N) is 1. The molecule has 1 N–H and O–H groups in total. The van der Waals surface area contributed by atoms with Crippen molar-refractivity contribution < 1.29 is 84.4 Å². The number of halogens is 3. The number of rotatable bonds is 26. The van der Waals surface area contributed by atoms with E-state index in [0.29, 0.717) is 23.7 Å². The minimum Gasteiger partial charge on any atom is -0.849 e. The Morgan fingerprint density at radius 3 is 1.59 bits per heavy atom. The third kappa shape index (κ3) is 27.0. The van der Waals surface area contributed by atoms with E-state index in [2.05, 4.69) is 29.6 Å². The Balaban J connectivity index is 0.00000101. The van der Waals surface area contributed by atoms with Crippen molar-refractivity contribution in [1.29, 1.82) is 0 Å². The summed E-state index contributed by atoms with van der Waals surface area (Å²) in [5.41, 5.74) is 1.45. The van der Waals surface area contributed by atoms with Crippen molar-refractivity contribution in [3.8, 4) is 11.5 Å². The zero-order valence-corrected chi connectivity index (χ0v) is 42.1. The van der Waals surface area contributed by atoms with Gasteiger partial charge < -0.3 is 32.5 Å². The van der Waals surface area contributed by atoms with Gasteiger partial charge in [-0.3, -0.25) is 34.3 Å². The molecule has 0 saturated heterocycles. The van der Waals surface area contributed by atoms with Crippen molar-refractivity contribution in [2.45, 2.75) is 58.7 Å². The van der Waals surface area contributed by atoms with E-state index in [1.54, 1.807) is 43.4 Å². The second kappa shape index (κ2) is 35.7. The molecular formula is C42H54Cl3LiN4O16P2. The smallest absolute Gasteiger partial charge is 0.849 e. The number of nitrogens with zero attached hydrogens (tertiary/aromatic N) is 3. The van der Waals surface area contributed by atoms with Crippen LogP contribution in [0.2, 0.25) is 0 Å². The van der Waals surface area contributed by atoms with Gasteiger partial charge in [-0.2, -0.15) is 0 Å². The average molecular weight is 1050 g/mol. The van der Waals surface area contributed by atoms with Gasteiger partial charge in [0.05, 0.1) is 30.7 Å². The molecule has 20 nitrogen and oxygen atoms in total. The van der Waals surface area contributed by atoms with Crippen molar-refractivity contribution in [1.82, 2.24) is 9.76 Å². The van der Waals surface area contributed by atoms with Crippen molar-refractivity contribution in [2.75, 3.05) is 45.6 Å². The second-order valence-corrected chi connectivity index (χ2v) is 18.9. The number of hydrogen-bond donors (Lipinski definition) is 1. The van der Waals surface area contributed by atoms with Gasteiger partial charge in [0.25, 0.3) is 0 Å². The minimum absolute atomic E-state index is 0. The van der Waals surface area contributed by atoms with Gasteiger partial charge in [-0.15, -0.1) is 23.2 Å². The molecule has 0 spiro atoms. The molecule has 370 valence electrons. The number of hydrogen-bond acceptors (Lipinski definition) is 16. The van der Waals surface area contributed by atoms with Gasteiger partial charge in [-0.1, -0.05) is 69.5 Å². The molecule has 4 rings (SSSR count). The quantitative estimate of drug-likeness (QED) is 0.00960. The molecule has 2 unspecified atom stereocenters. The van der Waals surface area contributed by atoms with Crippen LogP contribution in [0.4, 0.5) is 11.8 Å². The Morgan fingerprint density at radius 2 is 1.22 bits per heavy atom. The van der Waals surface area contributed by atoms with Gasteiger partial charge >= 0.3 is 57.2 Å². The van der Waals surface area contributed by atoms with Gasteiger partial charge in [-0.05, 0) is 80.9 Å². The summed E-state index contributed by atoms with van der Waals surface area (Å²) in [4.78, 5) is 42.3. The van der Waals surface area contributed by atoms with E-state index in [4.69, 9.17) is 61.9 Å². The van der Waals surface area contributed by atoms with E-state index in [0.717, 1.165) is 36.8 Å². The Kier molecular flexibility index (Phi) is 33.3. The van der Waals surface area contributed by atoms with Crippen LogP contribution in [0, 0.1) is 20.2 Å². The summed E-state index contributed by atoms with van der Waals surface area (Å²) in [6, 6.07) is 17.9. The molecule has 2 atom stereocenters. The Hall–Kier alpha value is -4.41. The molecule has 2 heterocycles. The van der Waals surface area contributed by atoms with Crippen molar-refractivity contribution in [2.24, 2.45) is 0 Å². The third-order valence-electron chi connectivity index (χ3n) is 7.92. The van der Waals surface area contributed by atoms with E-state index < -0.39 is 42.9 Å². The maximum absolute atomic E-state index is 12.6. The van der Waals surface area contributed by atoms with E-state index in [9.17, 15) is 44.1 Å². The Bertz CT molecular complexity index is 2210. The third-order valence-corrected chi connectivity index (χ3v) is 12.4. The number of furan rings is 2. The fourth-order valence-electron chi connectivity index (χ4n) is 4.47. The normalized spacial score (nSPS) is 12.0. The topological polar surface area (TPSA) is 265 Å². The molecule has 0 fully saturated rings. The molecule has 2 aromatic carbocycles. The van der Waals surface area contributed by atoms with E-state index in [1.807, 2.05) is 0 Å². The number of alkyl halides is 2. The molecular weight excluding hydrogens is 992 g/mol. The standard InChI is InChI=1S/C17H19N2O8P.C16H22Cl2NO4P.C5H4NO4.C4H9Cl.Li/c1-3-10-24-17(20)11-13-4-6-14(7-5-13)27-28(23,18-2)25-12-15-8-9-16(26-15)19(21)22;1-3-12-22-16(20)13-14-6-8-15(9-7-14)23-24(18,21)19(2)11-5-4-10-17;7-3-4-1-2-5(10-4)6(8)9;1-2-3-4-5;/h3-9H,1,10-12H2,2H3,(H,18,23);3,6-9H,1,4-5,10-13H2,2H3;1-2H,3H2;2-4H2,1H3;/q;;-1;;+1. The first-order valence-corrected chi connectivity index (χ1v) is 25.2. The zero-order valence-electron chi connectivity index (χ0n) is 38.1. The van der Waals surface area contributed by atoms with Crippen LogP contribution in [-0.4, -0.2) is 72.1 Å². The van der Waals surface area contributed by atoms with Crippen LogP contribution in [0.25, 0.3) is 0 Å². The Morgan fingerprint density at radius 1 is 0.765 bits per heavy atom. The number of nitro groups is 2. The maximum Gasteiger partial charge on any atom is 1.00 e. The molecule has 0 aliphatic carbocycles. The first-order valence-electron chi connectivity index (χ1n) is 20.1. The fourth-order valence-corrected chi connectivity index (χ4v) is 7.26. The summed E-state index contributed by atoms with van der Waals surface area (Å²) >= 11 is 16.9. The molecule has 0 radical (unpaired) electrons. The summed E-state index contributed by atoms with van der Waals surface area (Å²) in [7, 11) is -0.713. The van der Waals surface area contributed by atoms with Crippen molar-refractivity contribution in [3.63, 3.8) is 0 Å². The van der Waals surface area contributed by atoms with Crippen LogP contribution in [0.5, 0.6) is 11.5 Å². The molecule has 68 heavy (non-hydrogen) atoms. The summed E-state index contributed by atoms with van der Waals surface area (Å²) in [5, 5.41) is 33.0. The molecule has 4 aromatic rings. The predicted molar refractivity (Wildman–Crippen MR) is 251 cm³/mol. The van der Waals surface area contributed by atoms with Gasteiger partial charge in [0, 0.05) is 29.5 Å². The largest absolute Gasteiger partial charge is 1.00 e. The summed E-state index contributed by atoms with van der Waals surface area (Å²) in [5.74, 6) is 0.634. The number of ether oxygens (including phenoxy) is 2. The first-order chi connectivity index (χ1) is 31.9. The monoisotopic (exact) mass is 1040 g/mol. The molecule has 0 amide bonds. The minimum atomic E-state index is -3.74. The van der Waals surface area contributed by atoms with E-state index in [1.165, 1.54) is 60.6 Å². The Labute approximate surface area is 421 Å². The summed E-state index contributed by atoms with van der Waals surface area (Å²) in [6.07, 6.45) is 7.18. The van der Waals surface area contributed by atoms with Crippen LogP contribution in [0.15, 0.2) is 107 Å². The molecule has 26 heteroatoms.